The average Bonchev–Trinajstić information content (AvgIpc) is 3.23. The van der Waals surface area contributed by atoms with Crippen molar-refractivity contribution in [1.29, 1.82) is 0 Å². The van der Waals surface area contributed by atoms with Gasteiger partial charge < -0.3 is 10.3 Å². The molecular weight excluding hydrogens is 369 g/mol. The van der Waals surface area contributed by atoms with Crippen LogP contribution in [0.4, 0.5) is 4.39 Å². The van der Waals surface area contributed by atoms with E-state index in [1.54, 1.807) is 6.07 Å². The van der Waals surface area contributed by atoms with Crippen LogP contribution < -0.4 is 5.32 Å². The predicted molar refractivity (Wildman–Crippen MR) is 103 cm³/mol. The summed E-state index contributed by atoms with van der Waals surface area (Å²) in [6.07, 6.45) is 1.05. The average molecular weight is 394 g/mol. The first-order valence-corrected chi connectivity index (χ1v) is 9.69. The molecule has 2 fully saturated rings. The number of nitrogens with one attached hydrogen (secondary N) is 2. The largest absolute Gasteiger partial charge is 0.350 e. The first-order valence-electron chi connectivity index (χ1n) is 9.31. The van der Waals surface area contributed by atoms with Crippen LogP contribution in [0.3, 0.4) is 0 Å². The van der Waals surface area contributed by atoms with Gasteiger partial charge in [0, 0.05) is 30.7 Å². The lowest BCUT2D eigenvalue weighted by Gasteiger charge is -2.34. The molecule has 8 heteroatoms. The van der Waals surface area contributed by atoms with Crippen molar-refractivity contribution in [2.45, 2.75) is 51.4 Å². The van der Waals surface area contributed by atoms with Gasteiger partial charge in [0.05, 0.1) is 23.6 Å². The van der Waals surface area contributed by atoms with Gasteiger partial charge in [-0.2, -0.15) is 0 Å². The zero-order chi connectivity index (χ0) is 19.3. The number of H-pyrrole nitrogens is 1. The zero-order valence-corrected chi connectivity index (χ0v) is 16.6. The third kappa shape index (κ3) is 3.81. The van der Waals surface area contributed by atoms with Gasteiger partial charge in [0.1, 0.15) is 11.3 Å². The molecule has 2 atom stereocenters. The maximum atomic E-state index is 13.9. The van der Waals surface area contributed by atoms with Gasteiger partial charge in [-0.3, -0.25) is 14.6 Å². The topological polar surface area (TPSA) is 64.3 Å². The molecule has 1 aromatic carbocycles. The molecule has 3 heterocycles. The third-order valence-electron chi connectivity index (χ3n) is 5.28. The maximum Gasteiger partial charge on any atom is 0.234 e. The van der Waals surface area contributed by atoms with E-state index in [0.29, 0.717) is 41.2 Å². The Kier molecular flexibility index (Phi) is 4.64. The van der Waals surface area contributed by atoms with Crippen LogP contribution in [0.25, 0.3) is 11.0 Å². The quantitative estimate of drug-likeness (QED) is 0.837. The maximum absolute atomic E-state index is 13.9. The molecule has 2 unspecified atom stereocenters. The van der Waals surface area contributed by atoms with Crippen molar-refractivity contribution in [2.75, 3.05) is 19.6 Å². The normalized spacial score (nSPS) is 23.4. The summed E-state index contributed by atoms with van der Waals surface area (Å²) in [6, 6.07) is 3.66. The molecule has 2 aromatic rings. The van der Waals surface area contributed by atoms with Crippen LogP contribution >= 0.6 is 11.6 Å². The Balaban J connectivity index is 1.38. The van der Waals surface area contributed by atoms with Crippen LogP contribution in [0.1, 0.15) is 33.0 Å². The number of fused-ring (bicyclic) bond motifs is 3. The fraction of sp³-hybridized carbons (Fsp3) is 0.579. The van der Waals surface area contributed by atoms with Gasteiger partial charge in [-0.15, -0.1) is 0 Å². The molecule has 2 aliphatic heterocycles. The van der Waals surface area contributed by atoms with Gasteiger partial charge >= 0.3 is 0 Å². The molecule has 2 N–H and O–H groups in total. The number of hydrogen-bond donors (Lipinski definition) is 2. The highest BCUT2D eigenvalue weighted by molar-refractivity contribution is 6.34. The van der Waals surface area contributed by atoms with E-state index in [1.807, 2.05) is 20.8 Å². The second-order valence-electron chi connectivity index (χ2n) is 8.64. The third-order valence-corrected chi connectivity index (χ3v) is 5.59. The zero-order valence-electron chi connectivity index (χ0n) is 15.9. The molecule has 0 radical (unpaired) electrons. The Morgan fingerprint density at radius 1 is 1.33 bits per heavy atom. The Bertz CT molecular complexity index is 838. The number of halogens is 2. The minimum absolute atomic E-state index is 0.0731. The number of amides is 1. The van der Waals surface area contributed by atoms with Crippen LogP contribution in [0.2, 0.25) is 5.02 Å². The van der Waals surface area contributed by atoms with Gasteiger partial charge in [0.2, 0.25) is 5.91 Å². The summed E-state index contributed by atoms with van der Waals surface area (Å²) < 4.78 is 13.9. The van der Waals surface area contributed by atoms with E-state index in [2.05, 4.69) is 25.1 Å². The summed E-state index contributed by atoms with van der Waals surface area (Å²) >= 11 is 6.14. The molecule has 2 aliphatic rings. The van der Waals surface area contributed by atoms with E-state index >= 15 is 0 Å². The highest BCUT2D eigenvalue weighted by Crippen LogP contribution is 2.32. The van der Waals surface area contributed by atoms with Crippen molar-refractivity contribution in [1.82, 2.24) is 25.1 Å². The number of piperazine rings is 1. The van der Waals surface area contributed by atoms with E-state index < -0.39 is 0 Å². The Labute approximate surface area is 163 Å². The van der Waals surface area contributed by atoms with Crippen LogP contribution in [-0.2, 0) is 11.3 Å². The summed E-state index contributed by atoms with van der Waals surface area (Å²) in [5.74, 6) is 0.432. The minimum atomic E-state index is -0.365. The molecule has 1 amide bonds. The summed E-state index contributed by atoms with van der Waals surface area (Å²) in [5.41, 5.74) is 0.638. The first kappa shape index (κ1) is 18.7. The number of likely N-dealkylation sites (tertiary alicyclic amines) is 2. The number of benzene rings is 1. The van der Waals surface area contributed by atoms with E-state index in [4.69, 9.17) is 11.6 Å². The predicted octanol–water partition coefficient (Wildman–Crippen LogP) is 2.53. The monoisotopic (exact) mass is 393 g/mol. The minimum Gasteiger partial charge on any atom is -0.350 e. The van der Waals surface area contributed by atoms with Crippen molar-refractivity contribution in [3.05, 3.63) is 28.8 Å². The molecule has 0 spiro atoms. The van der Waals surface area contributed by atoms with Gasteiger partial charge in [0.15, 0.2) is 5.82 Å². The van der Waals surface area contributed by atoms with Crippen molar-refractivity contribution in [3.63, 3.8) is 0 Å². The van der Waals surface area contributed by atoms with Gasteiger partial charge in [0.25, 0.3) is 0 Å². The van der Waals surface area contributed by atoms with E-state index in [1.165, 1.54) is 6.07 Å². The lowest BCUT2D eigenvalue weighted by atomic mass is 10.1. The van der Waals surface area contributed by atoms with E-state index in [9.17, 15) is 9.18 Å². The van der Waals surface area contributed by atoms with Crippen molar-refractivity contribution < 1.29 is 9.18 Å². The van der Waals surface area contributed by atoms with Gasteiger partial charge in [-0.1, -0.05) is 11.6 Å². The molecule has 2 bridgehead atoms. The Morgan fingerprint density at radius 3 is 2.67 bits per heavy atom. The summed E-state index contributed by atoms with van der Waals surface area (Å²) in [4.78, 5) is 24.4. The smallest absolute Gasteiger partial charge is 0.234 e. The molecular formula is C19H25ClFN5O. The van der Waals surface area contributed by atoms with Crippen molar-refractivity contribution in [2.24, 2.45) is 0 Å². The second-order valence-corrected chi connectivity index (χ2v) is 9.04. The Hall–Kier alpha value is -1.70. The van der Waals surface area contributed by atoms with Crippen LogP contribution in [-0.4, -0.2) is 62.9 Å². The van der Waals surface area contributed by atoms with Crippen LogP contribution in [0, 0.1) is 5.82 Å². The number of nitrogens with zero attached hydrogens (tertiary/aromatic N) is 3. The lowest BCUT2D eigenvalue weighted by molar-refractivity contribution is -0.124. The standard InChI is InChI=1S/C19H25ClFN5O/c1-19(2,3)24-16(27)10-26-8-11-6-12(26)7-25(11)9-15-22-17-13(20)4-5-14(21)18(17)23-15/h4-5,11-12H,6-10H2,1-3H3,(H,22,23)(H,24,27). The summed E-state index contributed by atoms with van der Waals surface area (Å²) in [7, 11) is 0. The molecule has 146 valence electrons. The molecule has 0 aliphatic carbocycles. The molecule has 0 saturated carbocycles. The van der Waals surface area contributed by atoms with Crippen LogP contribution in [0.5, 0.6) is 0 Å². The number of carbonyl (C=O) groups excluding carboxylic acids is 1. The number of imidazole rings is 1. The Morgan fingerprint density at radius 2 is 2.04 bits per heavy atom. The van der Waals surface area contributed by atoms with Crippen LogP contribution in [0.15, 0.2) is 12.1 Å². The molecule has 27 heavy (non-hydrogen) atoms. The fourth-order valence-electron chi connectivity index (χ4n) is 4.21. The number of hydrogen-bond acceptors (Lipinski definition) is 4. The highest BCUT2D eigenvalue weighted by atomic mass is 35.5. The number of aromatic nitrogens is 2. The highest BCUT2D eigenvalue weighted by Gasteiger charge is 2.43. The number of carbonyl (C=O) groups is 1. The van der Waals surface area contributed by atoms with Crippen molar-refractivity contribution >= 4 is 28.5 Å². The SMILES string of the molecule is CC(C)(C)NC(=O)CN1CC2CC1CN2Cc1nc2c(F)ccc(Cl)c2[nH]1. The van der Waals surface area contributed by atoms with Crippen molar-refractivity contribution in [3.8, 4) is 0 Å². The van der Waals surface area contributed by atoms with Gasteiger partial charge in [-0.25, -0.2) is 9.37 Å². The first-order chi connectivity index (χ1) is 12.7. The molecule has 6 nitrogen and oxygen atoms in total. The van der Waals surface area contributed by atoms with Gasteiger partial charge in [-0.05, 0) is 39.3 Å². The molecule has 2 saturated heterocycles. The van der Waals surface area contributed by atoms with E-state index in [0.717, 1.165) is 25.3 Å². The summed E-state index contributed by atoms with van der Waals surface area (Å²) in [6.45, 7) is 8.81. The molecule has 1 aromatic heterocycles. The number of aromatic amines is 1. The lowest BCUT2D eigenvalue weighted by Crippen LogP contribution is -2.51. The fourth-order valence-corrected chi connectivity index (χ4v) is 4.40. The number of rotatable bonds is 4. The second kappa shape index (κ2) is 6.72. The molecule has 4 rings (SSSR count). The summed E-state index contributed by atoms with van der Waals surface area (Å²) in [5, 5.41) is 3.50. The van der Waals surface area contributed by atoms with E-state index in [-0.39, 0.29) is 17.3 Å².